The second-order valence-corrected chi connectivity index (χ2v) is 7.85. The highest BCUT2D eigenvalue weighted by molar-refractivity contribution is 9.10. The zero-order chi connectivity index (χ0) is 16.8. The van der Waals surface area contributed by atoms with Gasteiger partial charge >= 0.3 is 5.69 Å². The number of nitrogens with one attached hydrogen (secondary N) is 3. The number of rotatable bonds is 3. The summed E-state index contributed by atoms with van der Waals surface area (Å²) in [5.74, 6) is 0. The average Bonchev–Trinajstić information content (AvgIpc) is 2.83. The third kappa shape index (κ3) is 3.04. The quantitative estimate of drug-likeness (QED) is 0.635. The zero-order valence-electron chi connectivity index (χ0n) is 12.4. The summed E-state index contributed by atoms with van der Waals surface area (Å²) in [6.45, 7) is 3.87. The standard InChI is InChI=1S/C15H14BrN3O3S/c1-8-5-11(16)13(6-9(8)2)19-23(21,22)10-3-4-12-14(7-10)18-15(20)17-12/h3-7,19H,1-2H3,(H2,17,18,20). The van der Waals surface area contributed by atoms with Gasteiger partial charge in [-0.25, -0.2) is 13.2 Å². The van der Waals surface area contributed by atoms with Crippen molar-refractivity contribution in [3.05, 3.63) is 56.4 Å². The van der Waals surface area contributed by atoms with Gasteiger partial charge < -0.3 is 9.97 Å². The van der Waals surface area contributed by atoms with Crippen molar-refractivity contribution in [3.8, 4) is 0 Å². The maximum absolute atomic E-state index is 12.6. The number of aromatic nitrogens is 2. The number of benzene rings is 2. The van der Waals surface area contributed by atoms with Crippen LogP contribution in [0.3, 0.4) is 0 Å². The fraction of sp³-hybridized carbons (Fsp3) is 0.133. The van der Waals surface area contributed by atoms with E-state index in [1.54, 1.807) is 12.1 Å². The number of aromatic amines is 2. The average molecular weight is 396 g/mol. The van der Waals surface area contributed by atoms with E-state index in [4.69, 9.17) is 0 Å². The van der Waals surface area contributed by atoms with Gasteiger partial charge in [0.2, 0.25) is 0 Å². The first-order chi connectivity index (χ1) is 10.8. The molecule has 0 bridgehead atoms. The van der Waals surface area contributed by atoms with E-state index in [-0.39, 0.29) is 10.6 Å². The maximum Gasteiger partial charge on any atom is 0.323 e. The molecule has 0 saturated carbocycles. The van der Waals surface area contributed by atoms with Crippen molar-refractivity contribution in [1.29, 1.82) is 0 Å². The minimum Gasteiger partial charge on any atom is -0.306 e. The lowest BCUT2D eigenvalue weighted by Crippen LogP contribution is -2.13. The Bertz CT molecular complexity index is 1070. The van der Waals surface area contributed by atoms with Gasteiger partial charge in [0.15, 0.2) is 0 Å². The van der Waals surface area contributed by atoms with E-state index in [1.165, 1.54) is 12.1 Å². The molecule has 23 heavy (non-hydrogen) atoms. The Hall–Kier alpha value is -2.06. The molecular formula is C15H14BrN3O3S. The van der Waals surface area contributed by atoms with Crippen LogP contribution in [0.25, 0.3) is 11.0 Å². The van der Waals surface area contributed by atoms with E-state index in [1.807, 2.05) is 19.9 Å². The lowest BCUT2D eigenvalue weighted by Gasteiger charge is -2.12. The Morgan fingerprint density at radius 1 is 1.00 bits per heavy atom. The highest BCUT2D eigenvalue weighted by atomic mass is 79.9. The Morgan fingerprint density at radius 3 is 2.39 bits per heavy atom. The molecule has 3 N–H and O–H groups in total. The van der Waals surface area contributed by atoms with Gasteiger partial charge in [-0.15, -0.1) is 0 Å². The van der Waals surface area contributed by atoms with Gasteiger partial charge in [-0.2, -0.15) is 0 Å². The molecule has 1 heterocycles. The first-order valence-electron chi connectivity index (χ1n) is 6.78. The predicted molar refractivity (Wildman–Crippen MR) is 93.3 cm³/mol. The van der Waals surface area contributed by atoms with E-state index < -0.39 is 10.0 Å². The molecule has 0 unspecified atom stereocenters. The number of anilines is 1. The Labute approximate surface area is 141 Å². The summed E-state index contributed by atoms with van der Waals surface area (Å²) in [7, 11) is -3.76. The largest absolute Gasteiger partial charge is 0.323 e. The predicted octanol–water partition coefficient (Wildman–Crippen LogP) is 3.04. The maximum atomic E-state index is 12.6. The number of hydrogen-bond acceptors (Lipinski definition) is 3. The van der Waals surface area contributed by atoms with E-state index in [2.05, 4.69) is 30.6 Å². The molecular weight excluding hydrogens is 382 g/mol. The molecule has 3 rings (SSSR count). The van der Waals surface area contributed by atoms with E-state index in [0.717, 1.165) is 11.1 Å². The van der Waals surface area contributed by atoms with Gasteiger partial charge in [0.25, 0.3) is 10.0 Å². The van der Waals surface area contributed by atoms with Crippen LogP contribution in [0.1, 0.15) is 11.1 Å². The summed E-state index contributed by atoms with van der Waals surface area (Å²) < 4.78 is 28.4. The summed E-state index contributed by atoms with van der Waals surface area (Å²) in [5, 5.41) is 0. The highest BCUT2D eigenvalue weighted by Crippen LogP contribution is 2.28. The third-order valence-electron chi connectivity index (χ3n) is 3.63. The summed E-state index contributed by atoms with van der Waals surface area (Å²) in [6, 6.07) is 8.05. The van der Waals surface area contributed by atoms with Crippen LogP contribution < -0.4 is 10.4 Å². The van der Waals surface area contributed by atoms with Crippen LogP contribution in [0.2, 0.25) is 0 Å². The number of aryl methyl sites for hydroxylation is 2. The number of halogens is 1. The Balaban J connectivity index is 2.03. The van der Waals surface area contributed by atoms with Gasteiger partial charge in [0.1, 0.15) is 0 Å². The molecule has 0 fully saturated rings. The van der Waals surface area contributed by atoms with Gasteiger partial charge in [-0.1, -0.05) is 0 Å². The van der Waals surface area contributed by atoms with Crippen molar-refractivity contribution in [3.63, 3.8) is 0 Å². The summed E-state index contributed by atoms with van der Waals surface area (Å²) in [6.07, 6.45) is 0. The van der Waals surface area contributed by atoms with Crippen molar-refractivity contribution >= 4 is 42.7 Å². The van der Waals surface area contributed by atoms with Crippen LogP contribution in [0.4, 0.5) is 5.69 Å². The number of sulfonamides is 1. The van der Waals surface area contributed by atoms with Crippen molar-refractivity contribution in [2.45, 2.75) is 18.7 Å². The molecule has 8 heteroatoms. The van der Waals surface area contributed by atoms with Crippen molar-refractivity contribution in [2.75, 3.05) is 4.72 Å². The molecule has 2 aromatic carbocycles. The summed E-state index contributed by atoms with van der Waals surface area (Å²) in [5.41, 5.74) is 3.14. The SMILES string of the molecule is Cc1cc(Br)c(NS(=O)(=O)c2ccc3[nH]c(=O)[nH]c3c2)cc1C. The molecule has 0 saturated heterocycles. The van der Waals surface area contributed by atoms with Gasteiger partial charge in [-0.3, -0.25) is 4.72 Å². The van der Waals surface area contributed by atoms with Crippen LogP contribution in [-0.2, 0) is 10.0 Å². The van der Waals surface area contributed by atoms with Crippen LogP contribution in [0.15, 0.2) is 44.5 Å². The minimum atomic E-state index is -3.76. The monoisotopic (exact) mass is 395 g/mol. The second kappa shape index (κ2) is 5.54. The van der Waals surface area contributed by atoms with Gasteiger partial charge in [0, 0.05) is 4.47 Å². The first kappa shape index (κ1) is 15.8. The Kier molecular flexibility index (Phi) is 3.81. The van der Waals surface area contributed by atoms with Crippen molar-refractivity contribution in [1.82, 2.24) is 9.97 Å². The minimum absolute atomic E-state index is 0.0744. The second-order valence-electron chi connectivity index (χ2n) is 5.31. The molecule has 0 aliphatic carbocycles. The lowest BCUT2D eigenvalue weighted by molar-refractivity contribution is 0.601. The summed E-state index contributed by atoms with van der Waals surface area (Å²) in [4.78, 5) is 16.5. The molecule has 120 valence electrons. The molecule has 3 aromatic rings. The topological polar surface area (TPSA) is 94.8 Å². The molecule has 0 aliphatic heterocycles. The zero-order valence-corrected chi connectivity index (χ0v) is 14.8. The molecule has 0 aliphatic rings. The molecule has 0 spiro atoms. The van der Waals surface area contributed by atoms with Crippen molar-refractivity contribution < 1.29 is 8.42 Å². The van der Waals surface area contributed by atoms with Gasteiger partial charge in [-0.05, 0) is 71.2 Å². The fourth-order valence-electron chi connectivity index (χ4n) is 2.24. The number of hydrogen-bond donors (Lipinski definition) is 3. The molecule has 0 atom stereocenters. The van der Waals surface area contributed by atoms with Crippen LogP contribution in [-0.4, -0.2) is 18.4 Å². The highest BCUT2D eigenvalue weighted by Gasteiger charge is 2.17. The molecule has 0 radical (unpaired) electrons. The van der Waals surface area contributed by atoms with Crippen molar-refractivity contribution in [2.24, 2.45) is 0 Å². The van der Waals surface area contributed by atoms with E-state index >= 15 is 0 Å². The normalized spacial score (nSPS) is 11.8. The van der Waals surface area contributed by atoms with Crippen LogP contribution in [0.5, 0.6) is 0 Å². The molecule has 1 aromatic heterocycles. The van der Waals surface area contributed by atoms with Crippen LogP contribution >= 0.6 is 15.9 Å². The molecule has 6 nitrogen and oxygen atoms in total. The fourth-order valence-corrected chi connectivity index (χ4v) is 4.03. The molecule has 0 amide bonds. The first-order valence-corrected chi connectivity index (χ1v) is 9.05. The number of imidazole rings is 1. The lowest BCUT2D eigenvalue weighted by atomic mass is 10.1. The van der Waals surface area contributed by atoms with E-state index in [0.29, 0.717) is 21.2 Å². The smallest absolute Gasteiger partial charge is 0.306 e. The van der Waals surface area contributed by atoms with Crippen LogP contribution in [0, 0.1) is 13.8 Å². The Morgan fingerprint density at radius 2 is 1.65 bits per heavy atom. The van der Waals surface area contributed by atoms with E-state index in [9.17, 15) is 13.2 Å². The van der Waals surface area contributed by atoms with Gasteiger partial charge in [0.05, 0.1) is 21.6 Å². The number of fused-ring (bicyclic) bond motifs is 1. The third-order valence-corrected chi connectivity index (χ3v) is 5.64. The number of H-pyrrole nitrogens is 2. The summed E-state index contributed by atoms with van der Waals surface area (Å²) >= 11 is 3.37.